The van der Waals surface area contributed by atoms with E-state index in [0.29, 0.717) is 6.42 Å². The molecule has 0 fully saturated rings. The zero-order chi connectivity index (χ0) is 20.7. The van der Waals surface area contributed by atoms with Gasteiger partial charge in [-0.2, -0.15) is 12.8 Å². The van der Waals surface area contributed by atoms with Crippen molar-refractivity contribution in [2.75, 3.05) is 0 Å². The van der Waals surface area contributed by atoms with Gasteiger partial charge in [-0.15, -0.1) is 18.3 Å². The summed E-state index contributed by atoms with van der Waals surface area (Å²) in [6.07, 6.45) is 10.6. The predicted octanol–water partition coefficient (Wildman–Crippen LogP) is 6.36. The molecule has 0 aromatic heterocycles. The maximum atomic E-state index is 12.9. The average molecular weight is 426 g/mol. The monoisotopic (exact) mass is 425 g/mol. The van der Waals surface area contributed by atoms with Crippen molar-refractivity contribution in [3.63, 3.8) is 0 Å². The van der Waals surface area contributed by atoms with Crippen LogP contribution in [0.15, 0.2) is 93.1 Å². The van der Waals surface area contributed by atoms with Crippen molar-refractivity contribution in [2.24, 2.45) is 4.40 Å². The van der Waals surface area contributed by atoms with Crippen LogP contribution in [0.3, 0.4) is 0 Å². The van der Waals surface area contributed by atoms with Gasteiger partial charge in [0.2, 0.25) is 0 Å². The van der Waals surface area contributed by atoms with Gasteiger partial charge in [-0.1, -0.05) is 53.6 Å². The van der Waals surface area contributed by atoms with Crippen LogP contribution in [-0.2, 0) is 10.0 Å². The van der Waals surface area contributed by atoms with Crippen LogP contribution in [0.4, 0.5) is 0 Å². The molecule has 0 aliphatic heterocycles. The van der Waals surface area contributed by atoms with Gasteiger partial charge in [-0.25, -0.2) is 0 Å². The van der Waals surface area contributed by atoms with Gasteiger partial charge < -0.3 is 0 Å². The van der Waals surface area contributed by atoms with Crippen LogP contribution in [0.1, 0.15) is 37.7 Å². The molecule has 0 heterocycles. The molecule has 0 amide bonds. The van der Waals surface area contributed by atoms with Crippen LogP contribution in [0, 0.1) is 6.92 Å². The molecule has 2 aromatic rings. The maximum absolute atomic E-state index is 12.9. The Kier molecular flexibility index (Phi) is 7.14. The van der Waals surface area contributed by atoms with Crippen molar-refractivity contribution in [2.45, 2.75) is 53.6 Å². The van der Waals surface area contributed by atoms with E-state index >= 15 is 0 Å². The van der Waals surface area contributed by atoms with Gasteiger partial charge in [0.1, 0.15) is 0 Å². The Morgan fingerprint density at radius 3 is 2.45 bits per heavy atom. The lowest BCUT2D eigenvalue weighted by Gasteiger charge is -2.33. The van der Waals surface area contributed by atoms with Gasteiger partial charge in [-0.3, -0.25) is 0 Å². The fourth-order valence-corrected chi connectivity index (χ4v) is 5.79. The Hall–Kier alpha value is -2.11. The second-order valence-corrected chi connectivity index (χ2v) is 10.3. The molecule has 1 aliphatic carbocycles. The van der Waals surface area contributed by atoms with Crippen molar-refractivity contribution in [3.8, 4) is 0 Å². The first-order valence-electron chi connectivity index (χ1n) is 9.88. The first kappa shape index (κ1) is 21.6. The summed E-state index contributed by atoms with van der Waals surface area (Å²) in [6.45, 7) is 5.87. The van der Waals surface area contributed by atoms with Crippen molar-refractivity contribution in [3.05, 3.63) is 84.5 Å². The zero-order valence-electron chi connectivity index (χ0n) is 16.8. The number of nitrogens with zero attached hydrogens (tertiary/aromatic N) is 1. The molecule has 29 heavy (non-hydrogen) atoms. The SMILES string of the molecule is C=CCC(/C=N/S(=O)(=O)c1ccc(C)cc1)(Sc1ccccc1)C1=CCCCC1. The third kappa shape index (κ3) is 5.49. The molecule has 152 valence electrons. The number of hydrogen-bond donors (Lipinski definition) is 0. The quantitative estimate of drug-likeness (QED) is 0.281. The first-order valence-corrected chi connectivity index (χ1v) is 12.1. The van der Waals surface area contributed by atoms with Crippen molar-refractivity contribution in [1.29, 1.82) is 0 Å². The molecule has 3 rings (SSSR count). The minimum atomic E-state index is -3.76. The predicted molar refractivity (Wildman–Crippen MR) is 123 cm³/mol. The zero-order valence-corrected chi connectivity index (χ0v) is 18.4. The Balaban J connectivity index is 2.03. The molecule has 5 heteroatoms. The van der Waals surface area contributed by atoms with Crippen molar-refractivity contribution >= 4 is 28.0 Å². The smallest absolute Gasteiger partial charge is 0.199 e. The third-order valence-corrected chi connectivity index (χ3v) is 7.70. The highest BCUT2D eigenvalue weighted by Gasteiger charge is 2.34. The van der Waals surface area contributed by atoms with E-state index in [4.69, 9.17) is 0 Å². The molecule has 0 saturated carbocycles. The Morgan fingerprint density at radius 2 is 1.83 bits per heavy atom. The summed E-state index contributed by atoms with van der Waals surface area (Å²) in [5, 5.41) is 0. The van der Waals surface area contributed by atoms with Crippen molar-refractivity contribution in [1.82, 2.24) is 0 Å². The van der Waals surface area contributed by atoms with Gasteiger partial charge >= 0.3 is 0 Å². The number of hydrogen-bond acceptors (Lipinski definition) is 3. The minimum absolute atomic E-state index is 0.217. The second-order valence-electron chi connectivity index (χ2n) is 7.30. The van der Waals surface area contributed by atoms with E-state index in [2.05, 4.69) is 17.1 Å². The largest absolute Gasteiger partial charge is 0.282 e. The fourth-order valence-electron chi connectivity index (χ4n) is 3.46. The number of rotatable bonds is 8. The van der Waals surface area contributed by atoms with Crippen LogP contribution in [-0.4, -0.2) is 19.4 Å². The first-order chi connectivity index (χ1) is 14.0. The maximum Gasteiger partial charge on any atom is 0.282 e. The highest BCUT2D eigenvalue weighted by molar-refractivity contribution is 8.01. The number of aryl methyl sites for hydroxylation is 1. The second kappa shape index (κ2) is 9.59. The molecule has 0 bridgehead atoms. The topological polar surface area (TPSA) is 46.5 Å². The number of sulfonamides is 1. The Bertz CT molecular complexity index is 993. The molecule has 0 N–H and O–H groups in total. The normalized spacial score (nSPS) is 16.9. The molecular weight excluding hydrogens is 398 g/mol. The minimum Gasteiger partial charge on any atom is -0.199 e. The summed E-state index contributed by atoms with van der Waals surface area (Å²) in [5.41, 5.74) is 2.25. The number of allylic oxidation sites excluding steroid dienone is 2. The third-order valence-electron chi connectivity index (χ3n) is 5.04. The fraction of sp³-hybridized carbons (Fsp3) is 0.292. The van der Waals surface area contributed by atoms with Gasteiger partial charge in [0, 0.05) is 11.1 Å². The lowest BCUT2D eigenvalue weighted by molar-refractivity contribution is 0.597. The summed E-state index contributed by atoms with van der Waals surface area (Å²) in [4.78, 5) is 1.30. The lowest BCUT2D eigenvalue weighted by atomic mass is 9.87. The van der Waals surface area contributed by atoms with E-state index in [1.165, 1.54) is 12.0 Å². The summed E-state index contributed by atoms with van der Waals surface area (Å²) in [6, 6.07) is 16.9. The van der Waals surface area contributed by atoms with Gasteiger partial charge in [-0.05, 0) is 63.3 Å². The standard InChI is InChI=1S/C24H27NO2S2/c1-3-18-24(21-10-6-4-7-11-21,28-22-12-8-5-9-13-22)19-25-29(26,27)23-16-14-20(2)15-17-23/h3,5,8-10,12-17,19H,1,4,6-7,11,18H2,2H3/b25-19+. The molecule has 0 saturated heterocycles. The van der Waals surface area contributed by atoms with Gasteiger partial charge in [0.25, 0.3) is 10.0 Å². The van der Waals surface area contributed by atoms with Crippen LogP contribution < -0.4 is 0 Å². The molecule has 1 aliphatic rings. The van der Waals surface area contributed by atoms with E-state index in [1.54, 1.807) is 42.2 Å². The number of thioether (sulfide) groups is 1. The van der Waals surface area contributed by atoms with Crippen LogP contribution >= 0.6 is 11.8 Å². The summed E-state index contributed by atoms with van der Waals surface area (Å²) >= 11 is 1.65. The molecule has 2 aromatic carbocycles. The molecule has 1 atom stereocenters. The average Bonchev–Trinajstić information content (AvgIpc) is 2.74. The molecule has 0 radical (unpaired) electrons. The van der Waals surface area contributed by atoms with Gasteiger partial charge in [0.05, 0.1) is 9.64 Å². The molecule has 3 nitrogen and oxygen atoms in total. The van der Waals surface area contributed by atoms with Crippen molar-refractivity contribution < 1.29 is 8.42 Å². The number of benzene rings is 2. The summed E-state index contributed by atoms with van der Waals surface area (Å²) < 4.78 is 29.4. The van der Waals surface area contributed by atoms with Gasteiger partial charge in [0.15, 0.2) is 0 Å². The Morgan fingerprint density at radius 1 is 1.10 bits per heavy atom. The van der Waals surface area contributed by atoms with E-state index < -0.39 is 14.8 Å². The van der Waals surface area contributed by atoms with Crippen LogP contribution in [0.2, 0.25) is 0 Å². The molecule has 0 spiro atoms. The lowest BCUT2D eigenvalue weighted by Crippen LogP contribution is -2.30. The summed E-state index contributed by atoms with van der Waals surface area (Å²) in [7, 11) is -3.76. The van der Waals surface area contributed by atoms with E-state index in [0.717, 1.165) is 29.7 Å². The van der Waals surface area contributed by atoms with Crippen LogP contribution in [0.5, 0.6) is 0 Å². The van der Waals surface area contributed by atoms with E-state index in [1.807, 2.05) is 43.3 Å². The van der Waals surface area contributed by atoms with E-state index in [9.17, 15) is 8.42 Å². The Labute approximate surface area is 178 Å². The van der Waals surface area contributed by atoms with Crippen LogP contribution in [0.25, 0.3) is 0 Å². The molecular formula is C24H27NO2S2. The van der Waals surface area contributed by atoms with E-state index in [-0.39, 0.29) is 4.90 Å². The molecule has 1 unspecified atom stereocenters. The highest BCUT2D eigenvalue weighted by Crippen LogP contribution is 2.44. The highest BCUT2D eigenvalue weighted by atomic mass is 32.2. The summed E-state index contributed by atoms with van der Waals surface area (Å²) in [5.74, 6) is 0.